The number of ether oxygens (including phenoxy) is 4. The van der Waals surface area contributed by atoms with Crippen LogP contribution in [0.3, 0.4) is 0 Å². The van der Waals surface area contributed by atoms with Crippen molar-refractivity contribution in [2.45, 2.75) is 13.3 Å². The van der Waals surface area contributed by atoms with Crippen LogP contribution in [0.1, 0.15) is 13.3 Å². The normalized spacial score (nSPS) is 10.6. The van der Waals surface area contributed by atoms with Gasteiger partial charge in [0.05, 0.1) is 39.6 Å². The fourth-order valence-electron chi connectivity index (χ4n) is 1.10. The highest BCUT2D eigenvalue weighted by atomic mass is 16.6. The summed E-state index contributed by atoms with van der Waals surface area (Å²) in [5, 5.41) is 2.97. The Labute approximate surface area is 109 Å². The van der Waals surface area contributed by atoms with Crippen LogP contribution >= 0.6 is 0 Å². The maximum Gasteiger partial charge on any atom is 0.319 e. The van der Waals surface area contributed by atoms with Gasteiger partial charge in [-0.05, 0) is 13.0 Å². The summed E-state index contributed by atoms with van der Waals surface area (Å²) in [5.41, 5.74) is 0. The van der Waals surface area contributed by atoms with Crippen LogP contribution in [0.2, 0.25) is 0 Å². The van der Waals surface area contributed by atoms with E-state index >= 15 is 0 Å². The molecular formula is C12H25NO5. The van der Waals surface area contributed by atoms with Gasteiger partial charge >= 0.3 is 5.97 Å². The molecule has 0 atom stereocenters. The van der Waals surface area contributed by atoms with Crippen molar-refractivity contribution < 1.29 is 23.7 Å². The van der Waals surface area contributed by atoms with Gasteiger partial charge in [0, 0.05) is 7.11 Å². The summed E-state index contributed by atoms with van der Waals surface area (Å²) in [6.45, 7) is 5.97. The molecule has 0 aliphatic rings. The molecule has 18 heavy (non-hydrogen) atoms. The molecule has 0 fully saturated rings. The highest BCUT2D eigenvalue weighted by Crippen LogP contribution is 1.83. The average Bonchev–Trinajstić information content (AvgIpc) is 2.37. The zero-order chi connectivity index (χ0) is 13.5. The van der Waals surface area contributed by atoms with Crippen molar-refractivity contribution in [2.24, 2.45) is 0 Å². The third-order valence-corrected chi connectivity index (χ3v) is 1.99. The Hall–Kier alpha value is -0.690. The van der Waals surface area contributed by atoms with Crippen LogP contribution in [0.5, 0.6) is 0 Å². The van der Waals surface area contributed by atoms with Gasteiger partial charge in [-0.2, -0.15) is 0 Å². The molecule has 0 amide bonds. The first-order valence-corrected chi connectivity index (χ1v) is 6.32. The van der Waals surface area contributed by atoms with E-state index in [1.165, 1.54) is 0 Å². The lowest BCUT2D eigenvalue weighted by Crippen LogP contribution is -2.26. The first-order chi connectivity index (χ1) is 8.81. The lowest BCUT2D eigenvalue weighted by atomic mass is 10.5. The predicted octanol–water partition coefficient (Wildman–Crippen LogP) is 0.209. The fourth-order valence-corrected chi connectivity index (χ4v) is 1.10. The van der Waals surface area contributed by atoms with E-state index in [1.807, 2.05) is 6.92 Å². The van der Waals surface area contributed by atoms with Crippen molar-refractivity contribution in [1.29, 1.82) is 0 Å². The van der Waals surface area contributed by atoms with Crippen LogP contribution in [0.4, 0.5) is 0 Å². The van der Waals surface area contributed by atoms with Crippen molar-refractivity contribution >= 4 is 5.97 Å². The quantitative estimate of drug-likeness (QED) is 0.378. The van der Waals surface area contributed by atoms with E-state index in [9.17, 15) is 4.79 Å². The number of rotatable bonds is 13. The zero-order valence-corrected chi connectivity index (χ0v) is 11.4. The van der Waals surface area contributed by atoms with Crippen LogP contribution in [0, 0.1) is 0 Å². The topological polar surface area (TPSA) is 66.0 Å². The summed E-state index contributed by atoms with van der Waals surface area (Å²) in [5.74, 6) is -0.247. The average molecular weight is 263 g/mol. The van der Waals surface area contributed by atoms with Crippen molar-refractivity contribution in [3.63, 3.8) is 0 Å². The van der Waals surface area contributed by atoms with E-state index in [1.54, 1.807) is 7.11 Å². The second kappa shape index (κ2) is 14.4. The molecule has 0 aliphatic heterocycles. The molecule has 0 saturated heterocycles. The number of hydrogen-bond acceptors (Lipinski definition) is 6. The lowest BCUT2D eigenvalue weighted by Gasteiger charge is -2.07. The van der Waals surface area contributed by atoms with Gasteiger partial charge in [0.2, 0.25) is 0 Å². The van der Waals surface area contributed by atoms with Crippen molar-refractivity contribution in [1.82, 2.24) is 5.32 Å². The smallest absolute Gasteiger partial charge is 0.319 e. The fraction of sp³-hybridized carbons (Fsp3) is 0.917. The van der Waals surface area contributed by atoms with E-state index in [-0.39, 0.29) is 19.1 Å². The minimum Gasteiger partial charge on any atom is -0.462 e. The van der Waals surface area contributed by atoms with Gasteiger partial charge < -0.3 is 24.3 Å². The molecule has 0 aromatic carbocycles. The van der Waals surface area contributed by atoms with E-state index in [2.05, 4.69) is 5.32 Å². The largest absolute Gasteiger partial charge is 0.462 e. The Balaban J connectivity index is 3.08. The van der Waals surface area contributed by atoms with Crippen LogP contribution in [-0.4, -0.2) is 65.8 Å². The molecule has 0 rings (SSSR count). The molecule has 0 bridgehead atoms. The third kappa shape index (κ3) is 13.4. The molecule has 1 N–H and O–H groups in total. The molecule has 0 unspecified atom stereocenters. The molecule has 0 heterocycles. The van der Waals surface area contributed by atoms with E-state index in [0.717, 1.165) is 13.0 Å². The molecule has 6 heteroatoms. The summed E-state index contributed by atoms with van der Waals surface area (Å²) < 4.78 is 20.2. The Morgan fingerprint density at radius 1 is 1.00 bits per heavy atom. The molecule has 6 nitrogen and oxygen atoms in total. The van der Waals surface area contributed by atoms with E-state index < -0.39 is 0 Å². The standard InChI is InChI=1S/C12H25NO5/c1-3-4-13-11-12(14)18-10-9-17-8-7-16-6-5-15-2/h13H,3-11H2,1-2H3. The van der Waals surface area contributed by atoms with Crippen LogP contribution < -0.4 is 5.32 Å². The van der Waals surface area contributed by atoms with Crippen molar-refractivity contribution in [2.75, 3.05) is 59.8 Å². The first-order valence-electron chi connectivity index (χ1n) is 6.32. The van der Waals surface area contributed by atoms with Gasteiger partial charge in [0.15, 0.2) is 0 Å². The van der Waals surface area contributed by atoms with Gasteiger partial charge in [0.1, 0.15) is 6.61 Å². The van der Waals surface area contributed by atoms with Crippen molar-refractivity contribution in [3.05, 3.63) is 0 Å². The minimum atomic E-state index is -0.247. The van der Waals surface area contributed by atoms with Gasteiger partial charge in [0.25, 0.3) is 0 Å². The monoisotopic (exact) mass is 263 g/mol. The SMILES string of the molecule is CCCNCC(=O)OCCOCCOCCOC. The van der Waals surface area contributed by atoms with Crippen LogP contribution in [-0.2, 0) is 23.7 Å². The number of hydrogen-bond donors (Lipinski definition) is 1. The molecule has 0 aliphatic carbocycles. The van der Waals surface area contributed by atoms with E-state index in [4.69, 9.17) is 18.9 Å². The first kappa shape index (κ1) is 17.3. The second-order valence-electron chi connectivity index (χ2n) is 3.61. The van der Waals surface area contributed by atoms with Gasteiger partial charge in [-0.1, -0.05) is 6.92 Å². The molecule has 108 valence electrons. The summed E-state index contributed by atoms with van der Waals surface area (Å²) >= 11 is 0. The van der Waals surface area contributed by atoms with Gasteiger partial charge in [-0.25, -0.2) is 0 Å². The minimum absolute atomic E-state index is 0.247. The summed E-state index contributed by atoms with van der Waals surface area (Å²) in [4.78, 5) is 11.1. The Morgan fingerprint density at radius 3 is 2.22 bits per heavy atom. The second-order valence-corrected chi connectivity index (χ2v) is 3.61. The number of nitrogens with one attached hydrogen (secondary N) is 1. The molecular weight excluding hydrogens is 238 g/mol. The Bertz CT molecular complexity index is 189. The molecule has 0 spiro atoms. The number of esters is 1. The molecule has 0 aromatic heterocycles. The number of carbonyl (C=O) groups is 1. The summed E-state index contributed by atoms with van der Waals surface area (Å²) in [6, 6.07) is 0. The van der Waals surface area contributed by atoms with Crippen molar-refractivity contribution in [3.8, 4) is 0 Å². The molecule has 0 saturated carbocycles. The summed E-state index contributed by atoms with van der Waals surface area (Å²) in [7, 11) is 1.63. The molecule has 0 radical (unpaired) electrons. The zero-order valence-electron chi connectivity index (χ0n) is 11.4. The number of methoxy groups -OCH3 is 1. The lowest BCUT2D eigenvalue weighted by molar-refractivity contribution is -0.144. The Morgan fingerprint density at radius 2 is 1.61 bits per heavy atom. The third-order valence-electron chi connectivity index (χ3n) is 1.99. The van der Waals surface area contributed by atoms with Crippen LogP contribution in [0.15, 0.2) is 0 Å². The highest BCUT2D eigenvalue weighted by Gasteiger charge is 2.00. The van der Waals surface area contributed by atoms with Gasteiger partial charge in [-0.15, -0.1) is 0 Å². The highest BCUT2D eigenvalue weighted by molar-refractivity contribution is 5.71. The maximum absolute atomic E-state index is 11.1. The predicted molar refractivity (Wildman–Crippen MR) is 67.6 cm³/mol. The van der Waals surface area contributed by atoms with Crippen LogP contribution in [0.25, 0.3) is 0 Å². The number of carbonyl (C=O) groups excluding carboxylic acids is 1. The maximum atomic E-state index is 11.1. The van der Waals surface area contributed by atoms with Gasteiger partial charge in [-0.3, -0.25) is 4.79 Å². The Kier molecular flexibility index (Phi) is 13.8. The molecule has 0 aromatic rings. The summed E-state index contributed by atoms with van der Waals surface area (Å²) in [6.07, 6.45) is 0.999. The van der Waals surface area contributed by atoms with E-state index in [0.29, 0.717) is 33.0 Å².